The Morgan fingerprint density at radius 2 is 1.81 bits per heavy atom. The number of aromatic nitrogens is 4. The molecule has 0 saturated heterocycles. The van der Waals surface area contributed by atoms with E-state index in [1.807, 2.05) is 48.9 Å². The van der Waals surface area contributed by atoms with Crippen molar-refractivity contribution in [1.82, 2.24) is 19.7 Å². The summed E-state index contributed by atoms with van der Waals surface area (Å²) in [5.74, 6) is 2.88. The third-order valence-corrected chi connectivity index (χ3v) is 4.51. The smallest absolute Gasteiger partial charge is 0.262 e. The van der Waals surface area contributed by atoms with E-state index >= 15 is 0 Å². The average Bonchev–Trinajstić information content (AvgIpc) is 3.21. The largest absolute Gasteiger partial charge is 0.483 e. The first-order valence-corrected chi connectivity index (χ1v) is 9.69. The van der Waals surface area contributed by atoms with Gasteiger partial charge in [-0.1, -0.05) is 18.2 Å². The van der Waals surface area contributed by atoms with E-state index in [2.05, 4.69) is 20.5 Å². The molecule has 2 aromatic heterocycles. The average molecular weight is 415 g/mol. The molecule has 4 aromatic rings. The molecule has 0 bridgehead atoms. The van der Waals surface area contributed by atoms with Crippen molar-refractivity contribution in [2.45, 2.75) is 13.8 Å². The standard InChI is InChI=1S/C23H21N5O3/c1-16-5-3-4-6-20(16)30-15-22(29)25-18-7-9-19(10-8-18)31-23-12-11-21(26-27-23)28-14-13-24-17(28)2/h3-14H,15H2,1-2H3,(H,25,29). The second-order valence-corrected chi connectivity index (χ2v) is 6.80. The molecule has 156 valence electrons. The number of carbonyl (C=O) groups excluding carboxylic acids is 1. The van der Waals surface area contributed by atoms with E-state index in [1.165, 1.54) is 0 Å². The number of rotatable bonds is 7. The fourth-order valence-electron chi connectivity index (χ4n) is 2.90. The Labute approximate surface area is 179 Å². The molecule has 0 radical (unpaired) electrons. The molecule has 0 aliphatic carbocycles. The summed E-state index contributed by atoms with van der Waals surface area (Å²) < 4.78 is 13.1. The van der Waals surface area contributed by atoms with Crippen LogP contribution in [0.2, 0.25) is 0 Å². The molecule has 8 nitrogen and oxygen atoms in total. The van der Waals surface area contributed by atoms with Crippen molar-refractivity contribution < 1.29 is 14.3 Å². The number of para-hydroxylation sites is 1. The van der Waals surface area contributed by atoms with Gasteiger partial charge in [0.15, 0.2) is 12.4 Å². The van der Waals surface area contributed by atoms with E-state index in [-0.39, 0.29) is 12.5 Å². The van der Waals surface area contributed by atoms with Crippen LogP contribution in [0.15, 0.2) is 73.1 Å². The lowest BCUT2D eigenvalue weighted by Crippen LogP contribution is -2.20. The Balaban J connectivity index is 1.31. The monoisotopic (exact) mass is 415 g/mol. The van der Waals surface area contributed by atoms with Crippen LogP contribution in [0.3, 0.4) is 0 Å². The molecule has 2 heterocycles. The lowest BCUT2D eigenvalue weighted by Gasteiger charge is -2.10. The summed E-state index contributed by atoms with van der Waals surface area (Å²) in [6.07, 6.45) is 3.52. The summed E-state index contributed by atoms with van der Waals surface area (Å²) in [6.45, 7) is 3.76. The minimum absolute atomic E-state index is 0.0680. The highest BCUT2D eigenvalue weighted by Gasteiger charge is 2.07. The quantitative estimate of drug-likeness (QED) is 0.489. The topological polar surface area (TPSA) is 91.2 Å². The van der Waals surface area contributed by atoms with Crippen LogP contribution in [0.4, 0.5) is 5.69 Å². The number of benzene rings is 2. The Kier molecular flexibility index (Phi) is 5.89. The van der Waals surface area contributed by atoms with Crippen LogP contribution in [-0.2, 0) is 4.79 Å². The molecular weight excluding hydrogens is 394 g/mol. The second kappa shape index (κ2) is 9.08. The molecular formula is C23H21N5O3. The summed E-state index contributed by atoms with van der Waals surface area (Å²) in [4.78, 5) is 16.3. The molecule has 0 saturated carbocycles. The molecule has 1 amide bonds. The molecule has 0 fully saturated rings. The number of nitrogens with one attached hydrogen (secondary N) is 1. The third-order valence-electron chi connectivity index (χ3n) is 4.51. The van der Waals surface area contributed by atoms with Crippen molar-refractivity contribution in [3.05, 3.63) is 84.4 Å². The Morgan fingerprint density at radius 3 is 2.48 bits per heavy atom. The predicted molar refractivity (Wildman–Crippen MR) is 116 cm³/mol. The van der Waals surface area contributed by atoms with Gasteiger partial charge in [-0.3, -0.25) is 9.36 Å². The summed E-state index contributed by atoms with van der Waals surface area (Å²) >= 11 is 0. The van der Waals surface area contributed by atoms with E-state index in [0.717, 1.165) is 11.4 Å². The van der Waals surface area contributed by atoms with Crippen LogP contribution in [0.5, 0.6) is 17.4 Å². The van der Waals surface area contributed by atoms with Gasteiger partial charge in [0.25, 0.3) is 5.91 Å². The van der Waals surface area contributed by atoms with Crippen LogP contribution < -0.4 is 14.8 Å². The highest BCUT2D eigenvalue weighted by atomic mass is 16.5. The van der Waals surface area contributed by atoms with E-state index in [1.54, 1.807) is 42.6 Å². The highest BCUT2D eigenvalue weighted by Crippen LogP contribution is 2.22. The summed E-state index contributed by atoms with van der Waals surface area (Å²) in [5.41, 5.74) is 1.62. The van der Waals surface area contributed by atoms with Crippen LogP contribution in [0.25, 0.3) is 5.82 Å². The molecule has 0 aliphatic rings. The Morgan fingerprint density at radius 1 is 1.00 bits per heavy atom. The molecule has 0 atom stereocenters. The van der Waals surface area contributed by atoms with Gasteiger partial charge >= 0.3 is 0 Å². The van der Waals surface area contributed by atoms with Crippen molar-refractivity contribution in [2.75, 3.05) is 11.9 Å². The van der Waals surface area contributed by atoms with Gasteiger partial charge in [-0.15, -0.1) is 10.2 Å². The van der Waals surface area contributed by atoms with Gasteiger partial charge in [0.1, 0.15) is 17.3 Å². The van der Waals surface area contributed by atoms with Crippen LogP contribution >= 0.6 is 0 Å². The number of nitrogens with zero attached hydrogens (tertiary/aromatic N) is 4. The number of carbonyl (C=O) groups is 1. The molecule has 31 heavy (non-hydrogen) atoms. The number of aryl methyl sites for hydroxylation is 2. The van der Waals surface area contributed by atoms with Gasteiger partial charge in [0, 0.05) is 24.1 Å². The van der Waals surface area contributed by atoms with Gasteiger partial charge in [-0.05, 0) is 55.8 Å². The van der Waals surface area contributed by atoms with Crippen molar-refractivity contribution in [3.8, 4) is 23.2 Å². The first kappa shape index (κ1) is 20.1. The Hall–Kier alpha value is -4.20. The minimum Gasteiger partial charge on any atom is -0.483 e. The maximum atomic E-state index is 12.1. The SMILES string of the molecule is Cc1ccccc1OCC(=O)Nc1ccc(Oc2ccc(-n3ccnc3C)nn2)cc1. The second-order valence-electron chi connectivity index (χ2n) is 6.80. The van der Waals surface area contributed by atoms with Crippen molar-refractivity contribution in [1.29, 1.82) is 0 Å². The highest BCUT2D eigenvalue weighted by molar-refractivity contribution is 5.91. The zero-order chi connectivity index (χ0) is 21.6. The number of amides is 1. The normalized spacial score (nSPS) is 10.5. The number of ether oxygens (including phenoxy) is 2. The van der Waals surface area contributed by atoms with Crippen molar-refractivity contribution in [3.63, 3.8) is 0 Å². The minimum atomic E-state index is -0.242. The van der Waals surface area contributed by atoms with Crippen molar-refractivity contribution >= 4 is 11.6 Å². The third kappa shape index (κ3) is 5.05. The molecule has 0 aliphatic heterocycles. The zero-order valence-electron chi connectivity index (χ0n) is 17.1. The van der Waals surface area contributed by atoms with Gasteiger partial charge in [0.05, 0.1) is 0 Å². The predicted octanol–water partition coefficient (Wildman–Crippen LogP) is 4.09. The molecule has 0 spiro atoms. The van der Waals surface area contributed by atoms with Crippen molar-refractivity contribution in [2.24, 2.45) is 0 Å². The van der Waals surface area contributed by atoms with E-state index in [9.17, 15) is 4.79 Å². The number of anilines is 1. The summed E-state index contributed by atoms with van der Waals surface area (Å²) in [5, 5.41) is 11.1. The number of hydrogen-bond acceptors (Lipinski definition) is 6. The first-order valence-electron chi connectivity index (χ1n) is 9.69. The first-order chi connectivity index (χ1) is 15.1. The maximum absolute atomic E-state index is 12.1. The van der Waals surface area contributed by atoms with E-state index < -0.39 is 0 Å². The number of hydrogen-bond donors (Lipinski definition) is 1. The molecule has 0 unspecified atom stereocenters. The lowest BCUT2D eigenvalue weighted by molar-refractivity contribution is -0.118. The van der Waals surface area contributed by atoms with Gasteiger partial charge < -0.3 is 14.8 Å². The summed E-state index contributed by atoms with van der Waals surface area (Å²) in [7, 11) is 0. The summed E-state index contributed by atoms with van der Waals surface area (Å²) in [6, 6.07) is 18.1. The van der Waals surface area contributed by atoms with E-state index in [0.29, 0.717) is 28.9 Å². The number of imidazole rings is 1. The maximum Gasteiger partial charge on any atom is 0.262 e. The van der Waals surface area contributed by atoms with Crippen LogP contribution in [0.1, 0.15) is 11.4 Å². The van der Waals surface area contributed by atoms with E-state index in [4.69, 9.17) is 9.47 Å². The molecule has 1 N–H and O–H groups in total. The van der Waals surface area contributed by atoms with Gasteiger partial charge in [-0.2, -0.15) is 0 Å². The van der Waals surface area contributed by atoms with Gasteiger partial charge in [-0.25, -0.2) is 4.98 Å². The van der Waals surface area contributed by atoms with Crippen LogP contribution in [-0.4, -0.2) is 32.3 Å². The Bertz CT molecular complexity index is 1170. The lowest BCUT2D eigenvalue weighted by atomic mass is 10.2. The molecule has 8 heteroatoms. The zero-order valence-corrected chi connectivity index (χ0v) is 17.1. The van der Waals surface area contributed by atoms with Gasteiger partial charge in [0.2, 0.25) is 5.88 Å². The molecule has 4 rings (SSSR count). The fourth-order valence-corrected chi connectivity index (χ4v) is 2.90. The fraction of sp³-hybridized carbons (Fsp3) is 0.130. The molecule has 2 aromatic carbocycles. The van der Waals surface area contributed by atoms with Crippen LogP contribution in [0, 0.1) is 13.8 Å².